The summed E-state index contributed by atoms with van der Waals surface area (Å²) in [5, 5.41) is 3.36. The van der Waals surface area contributed by atoms with Crippen LogP contribution in [-0.4, -0.2) is 43.7 Å². The van der Waals surface area contributed by atoms with Gasteiger partial charge < -0.3 is 19.7 Å². The Morgan fingerprint density at radius 1 is 1.37 bits per heavy atom. The maximum absolute atomic E-state index is 14.9. The maximum atomic E-state index is 14.9. The Morgan fingerprint density at radius 2 is 2.22 bits per heavy atom. The average Bonchev–Trinajstić information content (AvgIpc) is 2.67. The third kappa shape index (κ3) is 3.47. The van der Waals surface area contributed by atoms with Gasteiger partial charge in [-0.1, -0.05) is 6.07 Å². The van der Waals surface area contributed by atoms with Crippen molar-refractivity contribution in [2.75, 3.05) is 31.6 Å². The molecule has 27 heavy (non-hydrogen) atoms. The first-order valence-corrected chi connectivity index (χ1v) is 9.08. The van der Waals surface area contributed by atoms with Crippen LogP contribution < -0.4 is 19.7 Å². The van der Waals surface area contributed by atoms with Crippen LogP contribution in [0.15, 0.2) is 30.3 Å². The number of carbonyl (C=O) groups excluding carboxylic acids is 1. The topological polar surface area (TPSA) is 63.7 Å². The van der Waals surface area contributed by atoms with E-state index in [0.29, 0.717) is 28.9 Å². The Balaban J connectivity index is 1.63. The first kappa shape index (κ1) is 17.7. The van der Waals surface area contributed by atoms with Crippen molar-refractivity contribution in [3.8, 4) is 11.6 Å². The summed E-state index contributed by atoms with van der Waals surface area (Å²) >= 11 is 0. The van der Waals surface area contributed by atoms with Gasteiger partial charge in [-0.25, -0.2) is 9.37 Å². The third-order valence-corrected chi connectivity index (χ3v) is 5.09. The van der Waals surface area contributed by atoms with E-state index in [0.717, 1.165) is 25.3 Å². The van der Waals surface area contributed by atoms with E-state index >= 15 is 0 Å². The number of rotatable bonds is 3. The van der Waals surface area contributed by atoms with E-state index in [4.69, 9.17) is 9.47 Å². The fourth-order valence-corrected chi connectivity index (χ4v) is 3.67. The number of fused-ring (bicyclic) bond motifs is 1. The molecule has 1 aromatic heterocycles. The maximum Gasteiger partial charge on any atom is 0.320 e. The molecule has 6 nitrogen and oxygen atoms in total. The lowest BCUT2D eigenvalue weighted by molar-refractivity contribution is -0.137. The summed E-state index contributed by atoms with van der Waals surface area (Å²) in [6, 6.07) is 8.81. The zero-order valence-corrected chi connectivity index (χ0v) is 15.4. The van der Waals surface area contributed by atoms with Gasteiger partial charge in [-0.3, -0.25) is 4.79 Å². The number of benzene rings is 1. The van der Waals surface area contributed by atoms with Crippen molar-refractivity contribution in [3.05, 3.63) is 47.4 Å². The predicted molar refractivity (Wildman–Crippen MR) is 98.9 cm³/mol. The number of aromatic nitrogens is 1. The molecular weight excluding hydrogens is 349 g/mol. The summed E-state index contributed by atoms with van der Waals surface area (Å²) in [4.78, 5) is 19.0. The SMILES string of the molecule is COc1cccc(C2Cc3c(F)cc(N4CCN[C@@H](C)C4)cc3OC2=O)n1. The number of hydrogen-bond donors (Lipinski definition) is 1. The molecule has 2 aromatic rings. The van der Waals surface area contributed by atoms with E-state index < -0.39 is 11.9 Å². The number of carbonyl (C=O) groups is 1. The van der Waals surface area contributed by atoms with Crippen LogP contribution in [0.1, 0.15) is 24.1 Å². The highest BCUT2D eigenvalue weighted by Crippen LogP contribution is 2.37. The molecule has 1 fully saturated rings. The number of ether oxygens (including phenoxy) is 2. The second-order valence-corrected chi connectivity index (χ2v) is 6.99. The summed E-state index contributed by atoms with van der Waals surface area (Å²) in [6.07, 6.45) is 0.221. The molecule has 2 aliphatic heterocycles. The molecule has 3 heterocycles. The van der Waals surface area contributed by atoms with E-state index in [2.05, 4.69) is 22.1 Å². The zero-order valence-electron chi connectivity index (χ0n) is 15.4. The number of hydrogen-bond acceptors (Lipinski definition) is 6. The molecule has 7 heteroatoms. The van der Waals surface area contributed by atoms with Crippen molar-refractivity contribution < 1.29 is 18.7 Å². The van der Waals surface area contributed by atoms with Crippen LogP contribution in [0.25, 0.3) is 0 Å². The van der Waals surface area contributed by atoms with Gasteiger partial charge in [0.2, 0.25) is 5.88 Å². The molecule has 0 amide bonds. The van der Waals surface area contributed by atoms with Crippen LogP contribution in [0.2, 0.25) is 0 Å². The number of anilines is 1. The zero-order chi connectivity index (χ0) is 19.0. The number of nitrogens with one attached hydrogen (secondary N) is 1. The summed E-state index contributed by atoms with van der Waals surface area (Å²) in [7, 11) is 1.51. The van der Waals surface area contributed by atoms with Crippen LogP contribution in [0.5, 0.6) is 11.6 Å². The monoisotopic (exact) mass is 371 g/mol. The quantitative estimate of drug-likeness (QED) is 0.660. The Bertz CT molecular complexity index is 874. The lowest BCUT2D eigenvalue weighted by atomic mass is 9.92. The predicted octanol–water partition coefficient (Wildman–Crippen LogP) is 2.27. The Labute approximate surface area is 157 Å². The first-order valence-electron chi connectivity index (χ1n) is 9.08. The second-order valence-electron chi connectivity index (χ2n) is 6.99. The number of nitrogens with zero attached hydrogens (tertiary/aromatic N) is 2. The molecule has 0 aliphatic carbocycles. The van der Waals surface area contributed by atoms with E-state index in [9.17, 15) is 9.18 Å². The number of piperazine rings is 1. The van der Waals surface area contributed by atoms with Crippen molar-refractivity contribution >= 4 is 11.7 Å². The number of pyridine rings is 1. The minimum atomic E-state index is -0.646. The van der Waals surface area contributed by atoms with Crippen molar-refractivity contribution in [1.82, 2.24) is 10.3 Å². The molecule has 0 radical (unpaired) electrons. The van der Waals surface area contributed by atoms with Gasteiger partial charge in [0.15, 0.2) is 0 Å². The standard InChI is InChI=1S/C20H22FN3O3/c1-12-11-24(7-6-22-12)13-8-16(21)14-10-15(20(25)27-18(14)9-13)17-4-3-5-19(23-17)26-2/h3-5,8-9,12,15,22H,6-7,10-11H2,1-2H3/t12-,15?/m0/s1. The highest BCUT2D eigenvalue weighted by atomic mass is 19.1. The van der Waals surface area contributed by atoms with Gasteiger partial charge >= 0.3 is 5.97 Å². The Hall–Kier alpha value is -2.67. The fraction of sp³-hybridized carbons (Fsp3) is 0.400. The molecular formula is C20H22FN3O3. The molecule has 0 bridgehead atoms. The molecule has 0 saturated carbocycles. The van der Waals surface area contributed by atoms with Crippen LogP contribution in [0.4, 0.5) is 10.1 Å². The molecule has 1 saturated heterocycles. The van der Waals surface area contributed by atoms with Gasteiger partial charge in [0.1, 0.15) is 17.5 Å². The molecule has 4 rings (SSSR count). The smallest absolute Gasteiger partial charge is 0.320 e. The normalized spacial score (nSPS) is 22.2. The average molecular weight is 371 g/mol. The molecule has 1 N–H and O–H groups in total. The van der Waals surface area contributed by atoms with E-state index in [1.165, 1.54) is 13.2 Å². The van der Waals surface area contributed by atoms with Crippen molar-refractivity contribution in [3.63, 3.8) is 0 Å². The third-order valence-electron chi connectivity index (χ3n) is 5.09. The minimum absolute atomic E-state index is 0.221. The Kier molecular flexibility index (Phi) is 4.70. The van der Waals surface area contributed by atoms with Gasteiger partial charge in [0, 0.05) is 49.1 Å². The highest BCUT2D eigenvalue weighted by molar-refractivity contribution is 5.83. The van der Waals surface area contributed by atoms with Gasteiger partial charge in [0.05, 0.1) is 12.8 Å². The van der Waals surface area contributed by atoms with Gasteiger partial charge in [-0.15, -0.1) is 0 Å². The highest BCUT2D eigenvalue weighted by Gasteiger charge is 2.34. The molecule has 0 spiro atoms. The molecule has 1 unspecified atom stereocenters. The van der Waals surface area contributed by atoms with E-state index in [-0.39, 0.29) is 12.2 Å². The molecule has 2 aliphatic rings. The fourth-order valence-electron chi connectivity index (χ4n) is 3.67. The molecule has 142 valence electrons. The lowest BCUT2D eigenvalue weighted by Gasteiger charge is -2.34. The van der Waals surface area contributed by atoms with Crippen molar-refractivity contribution in [2.24, 2.45) is 0 Å². The number of methoxy groups -OCH3 is 1. The van der Waals surface area contributed by atoms with E-state index in [1.54, 1.807) is 24.3 Å². The summed E-state index contributed by atoms with van der Waals surface area (Å²) in [5.74, 6) is -0.704. The van der Waals surface area contributed by atoms with Crippen molar-refractivity contribution in [1.29, 1.82) is 0 Å². The van der Waals surface area contributed by atoms with Crippen LogP contribution in [-0.2, 0) is 11.2 Å². The number of esters is 1. The summed E-state index contributed by atoms with van der Waals surface area (Å²) in [5.41, 5.74) is 1.67. The second kappa shape index (κ2) is 7.15. The Morgan fingerprint density at radius 3 is 3.00 bits per heavy atom. The first-order chi connectivity index (χ1) is 13.0. The summed E-state index contributed by atoms with van der Waals surface area (Å²) in [6.45, 7) is 4.49. The lowest BCUT2D eigenvalue weighted by Crippen LogP contribution is -2.49. The number of halogens is 1. The largest absolute Gasteiger partial charge is 0.481 e. The van der Waals surface area contributed by atoms with Crippen LogP contribution in [0.3, 0.4) is 0 Å². The summed E-state index contributed by atoms with van der Waals surface area (Å²) < 4.78 is 25.5. The van der Waals surface area contributed by atoms with E-state index in [1.807, 2.05) is 0 Å². The van der Waals surface area contributed by atoms with Crippen LogP contribution >= 0.6 is 0 Å². The minimum Gasteiger partial charge on any atom is -0.481 e. The molecule has 1 aromatic carbocycles. The van der Waals surface area contributed by atoms with Gasteiger partial charge in [0.25, 0.3) is 0 Å². The van der Waals surface area contributed by atoms with Crippen LogP contribution in [0, 0.1) is 5.82 Å². The van der Waals surface area contributed by atoms with Gasteiger partial charge in [-0.2, -0.15) is 0 Å². The van der Waals surface area contributed by atoms with Crippen molar-refractivity contribution in [2.45, 2.75) is 25.3 Å². The molecule has 2 atom stereocenters. The van der Waals surface area contributed by atoms with Gasteiger partial charge in [-0.05, 0) is 25.5 Å².